The highest BCUT2D eigenvalue weighted by Crippen LogP contribution is 1.97. The summed E-state index contributed by atoms with van der Waals surface area (Å²) in [6, 6.07) is 3.80. The van der Waals surface area contributed by atoms with E-state index in [4.69, 9.17) is 11.0 Å². The predicted molar refractivity (Wildman–Crippen MR) is 70.4 cm³/mol. The van der Waals surface area contributed by atoms with E-state index in [0.29, 0.717) is 19.0 Å². The van der Waals surface area contributed by atoms with Crippen LogP contribution in [0.3, 0.4) is 0 Å². The van der Waals surface area contributed by atoms with Crippen molar-refractivity contribution in [3.8, 4) is 6.19 Å². The Morgan fingerprint density at radius 2 is 2.39 bits per heavy atom. The molecule has 0 saturated heterocycles. The maximum absolute atomic E-state index is 8.62. The van der Waals surface area contributed by atoms with E-state index in [-0.39, 0.29) is 0 Å². The van der Waals surface area contributed by atoms with Gasteiger partial charge in [-0.15, -0.1) is 0 Å². The molecule has 0 atom stereocenters. The molecule has 0 aromatic carbocycles. The van der Waals surface area contributed by atoms with Crippen LogP contribution in [0.15, 0.2) is 29.5 Å². The van der Waals surface area contributed by atoms with Crippen LogP contribution in [0.4, 0.5) is 0 Å². The third kappa shape index (κ3) is 5.82. The van der Waals surface area contributed by atoms with Crippen molar-refractivity contribution in [2.24, 2.45) is 10.7 Å². The molecule has 0 aliphatic rings. The monoisotopic (exact) mass is 246 g/mol. The van der Waals surface area contributed by atoms with Gasteiger partial charge in [-0.3, -0.25) is 10.3 Å². The second kappa shape index (κ2) is 8.96. The second-order valence-electron chi connectivity index (χ2n) is 3.69. The number of hydrogen-bond acceptors (Lipinski definition) is 4. The van der Waals surface area contributed by atoms with Crippen LogP contribution in [-0.4, -0.2) is 24.0 Å². The molecule has 18 heavy (non-hydrogen) atoms. The van der Waals surface area contributed by atoms with Crippen LogP contribution < -0.4 is 16.4 Å². The first-order valence-electron chi connectivity index (χ1n) is 5.89. The van der Waals surface area contributed by atoms with Gasteiger partial charge in [0.25, 0.3) is 0 Å². The van der Waals surface area contributed by atoms with Gasteiger partial charge < -0.3 is 11.1 Å². The molecule has 0 saturated carbocycles. The Balaban J connectivity index is 2.43. The Bertz CT molecular complexity index is 395. The van der Waals surface area contributed by atoms with Crippen LogP contribution in [0.5, 0.6) is 0 Å². The highest BCUT2D eigenvalue weighted by molar-refractivity contribution is 5.81. The van der Waals surface area contributed by atoms with Gasteiger partial charge in [0.2, 0.25) is 5.96 Å². The van der Waals surface area contributed by atoms with Gasteiger partial charge >= 0.3 is 0 Å². The number of rotatable bonds is 6. The maximum Gasteiger partial charge on any atom is 0.205 e. The summed E-state index contributed by atoms with van der Waals surface area (Å²) >= 11 is 0. The van der Waals surface area contributed by atoms with E-state index in [2.05, 4.69) is 20.6 Å². The van der Waals surface area contributed by atoms with E-state index < -0.39 is 0 Å². The number of hydrogen-bond donors (Lipinski definition) is 3. The van der Waals surface area contributed by atoms with E-state index >= 15 is 0 Å². The zero-order valence-electron chi connectivity index (χ0n) is 10.3. The van der Waals surface area contributed by atoms with E-state index in [1.807, 2.05) is 18.3 Å². The van der Waals surface area contributed by atoms with E-state index in [1.165, 1.54) is 0 Å². The molecule has 1 rings (SSSR count). The van der Waals surface area contributed by atoms with Crippen LogP contribution >= 0.6 is 0 Å². The first-order valence-corrected chi connectivity index (χ1v) is 5.89. The fourth-order valence-corrected chi connectivity index (χ4v) is 1.33. The van der Waals surface area contributed by atoms with Crippen molar-refractivity contribution in [2.45, 2.75) is 19.4 Å². The number of guanidine groups is 1. The lowest BCUT2D eigenvalue weighted by Crippen LogP contribution is -2.35. The Hall–Kier alpha value is -2.13. The molecule has 6 heteroatoms. The molecule has 0 aliphatic heterocycles. The van der Waals surface area contributed by atoms with E-state index in [9.17, 15) is 0 Å². The summed E-state index contributed by atoms with van der Waals surface area (Å²) in [5.74, 6) is 0.485. The number of nitrogens with zero attached hydrogens (tertiary/aromatic N) is 3. The molecule has 0 amide bonds. The minimum absolute atomic E-state index is 0.485. The third-order valence-electron chi connectivity index (χ3n) is 2.24. The Morgan fingerprint density at radius 3 is 3.06 bits per heavy atom. The fourth-order valence-electron chi connectivity index (χ4n) is 1.33. The summed E-state index contributed by atoms with van der Waals surface area (Å²) in [6.07, 6.45) is 7.24. The lowest BCUT2D eigenvalue weighted by atomic mass is 10.3. The molecular weight excluding hydrogens is 228 g/mol. The van der Waals surface area contributed by atoms with Gasteiger partial charge in [0.1, 0.15) is 0 Å². The summed E-state index contributed by atoms with van der Waals surface area (Å²) in [5.41, 5.74) is 6.40. The molecule has 0 radical (unpaired) electrons. The molecule has 0 spiro atoms. The van der Waals surface area contributed by atoms with Crippen molar-refractivity contribution in [1.29, 1.82) is 5.26 Å². The van der Waals surface area contributed by atoms with E-state index in [0.717, 1.165) is 24.9 Å². The molecule has 96 valence electrons. The van der Waals surface area contributed by atoms with Crippen molar-refractivity contribution < 1.29 is 0 Å². The summed E-state index contributed by atoms with van der Waals surface area (Å²) in [7, 11) is 0. The lowest BCUT2D eigenvalue weighted by molar-refractivity contribution is 0.709. The predicted octanol–water partition coefficient (Wildman–Crippen LogP) is 0.337. The summed E-state index contributed by atoms with van der Waals surface area (Å²) in [5, 5.41) is 14.2. The first-order chi connectivity index (χ1) is 8.86. The molecule has 6 nitrogen and oxygen atoms in total. The molecule has 1 heterocycles. The molecule has 0 bridgehead atoms. The van der Waals surface area contributed by atoms with Gasteiger partial charge in [-0.05, 0) is 31.0 Å². The topological polar surface area (TPSA) is 99.1 Å². The largest absolute Gasteiger partial charge is 0.356 e. The molecule has 0 aliphatic carbocycles. The van der Waals surface area contributed by atoms with Crippen LogP contribution in [0.25, 0.3) is 0 Å². The summed E-state index contributed by atoms with van der Waals surface area (Å²) in [4.78, 5) is 8.29. The van der Waals surface area contributed by atoms with Gasteiger partial charge in [-0.2, -0.15) is 5.26 Å². The molecule has 1 aromatic heterocycles. The smallest absolute Gasteiger partial charge is 0.205 e. The second-order valence-corrected chi connectivity index (χ2v) is 3.69. The van der Waals surface area contributed by atoms with Gasteiger partial charge in [0, 0.05) is 18.9 Å². The number of unbranched alkanes of at least 4 members (excludes halogenated alkanes) is 1. The SMILES string of the molecule is N#CNC(=NCc1cccnc1)NCCCCN. The van der Waals surface area contributed by atoms with Gasteiger partial charge in [-0.1, -0.05) is 6.07 Å². The summed E-state index contributed by atoms with van der Waals surface area (Å²) in [6.45, 7) is 1.91. The van der Waals surface area contributed by atoms with Crippen LogP contribution in [0, 0.1) is 11.5 Å². The average Bonchev–Trinajstić information content (AvgIpc) is 2.42. The first kappa shape index (κ1) is 13.9. The Labute approximate surface area is 107 Å². The molecule has 4 N–H and O–H groups in total. The highest BCUT2D eigenvalue weighted by Gasteiger charge is 1.97. The fraction of sp³-hybridized carbons (Fsp3) is 0.417. The maximum atomic E-state index is 8.62. The van der Waals surface area contributed by atoms with Crippen LogP contribution in [0.1, 0.15) is 18.4 Å². The number of nitrogens with one attached hydrogen (secondary N) is 2. The van der Waals surface area contributed by atoms with Gasteiger partial charge in [0.05, 0.1) is 6.54 Å². The Kier molecular flexibility index (Phi) is 6.93. The lowest BCUT2D eigenvalue weighted by Gasteiger charge is -2.07. The minimum Gasteiger partial charge on any atom is -0.356 e. The molecule has 0 fully saturated rings. The van der Waals surface area contributed by atoms with E-state index in [1.54, 1.807) is 12.4 Å². The number of aliphatic imine (C=N–C) groups is 1. The summed E-state index contributed by atoms with van der Waals surface area (Å²) < 4.78 is 0. The third-order valence-corrected chi connectivity index (χ3v) is 2.24. The number of nitrogens with two attached hydrogens (primary N) is 1. The number of aromatic nitrogens is 1. The number of nitriles is 1. The Morgan fingerprint density at radius 1 is 1.50 bits per heavy atom. The van der Waals surface area contributed by atoms with Crippen molar-refractivity contribution in [1.82, 2.24) is 15.6 Å². The van der Waals surface area contributed by atoms with Crippen molar-refractivity contribution in [2.75, 3.05) is 13.1 Å². The van der Waals surface area contributed by atoms with Crippen LogP contribution in [0.2, 0.25) is 0 Å². The minimum atomic E-state index is 0.485. The highest BCUT2D eigenvalue weighted by atomic mass is 15.2. The molecule has 1 aromatic rings. The van der Waals surface area contributed by atoms with Crippen molar-refractivity contribution in [3.63, 3.8) is 0 Å². The number of pyridine rings is 1. The molecular formula is C12H18N6. The van der Waals surface area contributed by atoms with Crippen molar-refractivity contribution >= 4 is 5.96 Å². The normalized spacial score (nSPS) is 10.8. The zero-order chi connectivity index (χ0) is 13.1. The van der Waals surface area contributed by atoms with Gasteiger partial charge in [0.15, 0.2) is 6.19 Å². The zero-order valence-corrected chi connectivity index (χ0v) is 10.3. The van der Waals surface area contributed by atoms with Crippen LogP contribution in [-0.2, 0) is 6.54 Å². The van der Waals surface area contributed by atoms with Crippen molar-refractivity contribution in [3.05, 3.63) is 30.1 Å². The average molecular weight is 246 g/mol. The quantitative estimate of drug-likeness (QED) is 0.221. The molecule has 0 unspecified atom stereocenters. The van der Waals surface area contributed by atoms with Gasteiger partial charge in [-0.25, -0.2) is 4.99 Å². The standard InChI is InChI=1S/C12H18N6/c13-5-1-2-7-16-12(18-10-14)17-9-11-4-3-6-15-8-11/h3-4,6,8H,1-2,5,7,9,13H2,(H2,16,17,18).